The van der Waals surface area contributed by atoms with E-state index in [1.165, 1.54) is 22.6 Å². The van der Waals surface area contributed by atoms with Crippen molar-refractivity contribution in [2.45, 2.75) is 0 Å². The van der Waals surface area contributed by atoms with Crippen LogP contribution in [0.25, 0.3) is 0 Å². The molecule has 0 aromatic heterocycles. The SMILES string of the molecule is [2H]C([2H])=C([2H])C([2H])([2H])I. The molecule has 0 radical (unpaired) electrons. The fourth-order valence-corrected chi connectivity index (χ4v) is 0. The van der Waals surface area contributed by atoms with Crippen LogP contribution >= 0.6 is 22.6 Å². The maximum atomic E-state index is 6.84. The Morgan fingerprint density at radius 3 is 3.75 bits per heavy atom. The topological polar surface area (TPSA) is 0 Å². The number of halogens is 1. The predicted molar refractivity (Wildman–Crippen MR) is 29.1 cm³/mol. The lowest BCUT2D eigenvalue weighted by Gasteiger charge is -1.55. The van der Waals surface area contributed by atoms with Crippen molar-refractivity contribution < 1.29 is 6.85 Å². The summed E-state index contributed by atoms with van der Waals surface area (Å²) in [4.78, 5) is 0. The van der Waals surface area contributed by atoms with E-state index >= 15 is 0 Å². The van der Waals surface area contributed by atoms with Crippen LogP contribution in [0.2, 0.25) is 0 Å². The van der Waals surface area contributed by atoms with Crippen molar-refractivity contribution in [2.24, 2.45) is 0 Å². The molecule has 0 N–H and O–H groups in total. The molecule has 0 atom stereocenters. The fourth-order valence-electron chi connectivity index (χ4n) is 0. The average molecular weight is 173 g/mol. The minimum atomic E-state index is -1.88. The van der Waals surface area contributed by atoms with Crippen molar-refractivity contribution in [3.05, 3.63) is 12.6 Å². The number of hydrogen-bond donors (Lipinski definition) is 0. The van der Waals surface area contributed by atoms with Gasteiger partial charge in [-0.2, -0.15) is 0 Å². The standard InChI is InChI=1S/C3H5I/c1-2-3-4/h2H,1,3H2/i1D2,2D,3D2. The third-order valence-electron chi connectivity index (χ3n) is 0.0472. The van der Waals surface area contributed by atoms with Crippen LogP contribution in [0.4, 0.5) is 0 Å². The Morgan fingerprint density at radius 1 is 3.00 bits per heavy atom. The summed E-state index contributed by atoms with van der Waals surface area (Å²) in [5.41, 5.74) is 0. The lowest BCUT2D eigenvalue weighted by molar-refractivity contribution is 1.90. The molecular formula is C3H5I. The molecule has 0 spiro atoms. The molecule has 0 saturated heterocycles. The van der Waals surface area contributed by atoms with Gasteiger partial charge in [-0.3, -0.25) is 0 Å². The number of rotatable bonds is 1. The highest BCUT2D eigenvalue weighted by Gasteiger charge is 1.47. The van der Waals surface area contributed by atoms with Gasteiger partial charge in [-0.1, -0.05) is 28.6 Å². The van der Waals surface area contributed by atoms with Crippen LogP contribution in [0.15, 0.2) is 12.6 Å². The van der Waals surface area contributed by atoms with Crippen LogP contribution in [0.5, 0.6) is 0 Å². The summed E-state index contributed by atoms with van der Waals surface area (Å²) in [5.74, 6) is 0. The Labute approximate surface area is 47.1 Å². The third-order valence-corrected chi connectivity index (χ3v) is 0.317. The molecule has 1 heteroatoms. The summed E-state index contributed by atoms with van der Waals surface area (Å²) in [7, 11) is 0. The van der Waals surface area contributed by atoms with Gasteiger partial charge in [0.05, 0.1) is 4.11 Å². The summed E-state index contributed by atoms with van der Waals surface area (Å²) in [6.45, 7) is -0.769. The van der Waals surface area contributed by atoms with Gasteiger partial charge < -0.3 is 0 Å². The Bertz CT molecular complexity index is 130. The number of alkyl halides is 1. The van der Waals surface area contributed by atoms with E-state index < -0.39 is 17.0 Å². The van der Waals surface area contributed by atoms with Crippen LogP contribution < -0.4 is 0 Å². The maximum absolute atomic E-state index is 6.84. The summed E-state index contributed by atoms with van der Waals surface area (Å²) in [5, 5.41) is 0. The zero-order valence-electron chi connectivity index (χ0n) is 6.88. The molecule has 0 aliphatic heterocycles. The largest absolute Gasteiger partial charge is 0.102 e. The molecule has 24 valence electrons. The van der Waals surface area contributed by atoms with Crippen LogP contribution in [0, 0.1) is 0 Å². The monoisotopic (exact) mass is 173 g/mol. The molecule has 4 heavy (non-hydrogen) atoms. The second-order valence-electron chi connectivity index (χ2n) is 0.219. The lowest BCUT2D eigenvalue weighted by atomic mass is 10.8. The second kappa shape index (κ2) is 3.47. The minimum absolute atomic E-state index is 0.594. The molecule has 0 nitrogen and oxygen atoms in total. The Kier molecular flexibility index (Phi) is 0.651. The average Bonchev–Trinajstić information content (AvgIpc) is 1.62. The maximum Gasteiger partial charge on any atom is 0.0578 e. The molecule has 0 fully saturated rings. The number of hydrogen-bond acceptors (Lipinski definition) is 0. The van der Waals surface area contributed by atoms with Crippen molar-refractivity contribution >= 4 is 22.6 Å². The number of allylic oxidation sites excluding steroid dienone is 1. The van der Waals surface area contributed by atoms with Gasteiger partial charge in [0.15, 0.2) is 0 Å². The Balaban J connectivity index is 4.40. The predicted octanol–water partition coefficient (Wildman–Crippen LogP) is 1.61. The first kappa shape index (κ1) is 0.750. The van der Waals surface area contributed by atoms with Crippen molar-refractivity contribution in [2.75, 3.05) is 4.38 Å². The molecule has 0 bridgehead atoms. The van der Waals surface area contributed by atoms with Gasteiger partial charge in [-0.05, 0) is 0 Å². The quantitative estimate of drug-likeness (QED) is 0.321. The first-order valence-electron chi connectivity index (χ1n) is 3.19. The van der Waals surface area contributed by atoms with E-state index in [0.717, 1.165) is 0 Å². The molecule has 0 aromatic carbocycles. The van der Waals surface area contributed by atoms with Gasteiger partial charge in [0, 0.05) is 7.12 Å². The first-order valence-corrected chi connectivity index (χ1v) is 1.77. The summed E-state index contributed by atoms with van der Waals surface area (Å²) in [6, 6.07) is -0.594. The van der Waals surface area contributed by atoms with E-state index in [1.54, 1.807) is 0 Å². The van der Waals surface area contributed by atoms with Crippen LogP contribution in [0.3, 0.4) is 0 Å². The molecule has 0 amide bonds. The van der Waals surface area contributed by atoms with Gasteiger partial charge in [0.25, 0.3) is 0 Å². The highest BCUT2D eigenvalue weighted by Crippen LogP contribution is 1.75. The lowest BCUT2D eigenvalue weighted by Crippen LogP contribution is -1.43. The van der Waals surface area contributed by atoms with E-state index in [1.807, 2.05) is 0 Å². The molecular weight excluding hydrogens is 163 g/mol. The Hall–Kier alpha value is 0.470. The van der Waals surface area contributed by atoms with Gasteiger partial charge in [0.2, 0.25) is 0 Å². The molecule has 0 aliphatic rings. The van der Waals surface area contributed by atoms with E-state index in [4.69, 9.17) is 6.85 Å². The van der Waals surface area contributed by atoms with Crippen LogP contribution in [-0.2, 0) is 0 Å². The van der Waals surface area contributed by atoms with E-state index in [9.17, 15) is 0 Å². The van der Waals surface area contributed by atoms with Gasteiger partial charge in [0.1, 0.15) is 0 Å². The zero-order valence-corrected chi connectivity index (χ0v) is 4.04. The fraction of sp³-hybridized carbons (Fsp3) is 0.333. The van der Waals surface area contributed by atoms with Crippen molar-refractivity contribution in [3.8, 4) is 0 Å². The second-order valence-corrected chi connectivity index (χ2v) is 0.759. The van der Waals surface area contributed by atoms with Gasteiger partial charge in [-0.25, -0.2) is 0 Å². The van der Waals surface area contributed by atoms with Crippen molar-refractivity contribution in [3.63, 3.8) is 0 Å². The molecule has 0 rings (SSSR count). The summed E-state index contributed by atoms with van der Waals surface area (Å²) in [6.07, 6.45) is 0. The van der Waals surface area contributed by atoms with Crippen LogP contribution in [0.1, 0.15) is 6.85 Å². The van der Waals surface area contributed by atoms with Crippen LogP contribution in [-0.4, -0.2) is 4.38 Å². The Morgan fingerprint density at radius 2 is 3.75 bits per heavy atom. The summed E-state index contributed by atoms with van der Waals surface area (Å²) >= 11 is 1.37. The zero-order chi connectivity index (χ0) is 7.65. The van der Waals surface area contributed by atoms with E-state index in [-0.39, 0.29) is 0 Å². The molecule has 0 aromatic rings. The normalized spacial score (nSPS) is 26.8. The van der Waals surface area contributed by atoms with Gasteiger partial charge in [-0.15, -0.1) is 6.53 Å². The third kappa shape index (κ3) is 2.47. The molecule has 0 unspecified atom stereocenters. The highest BCUT2D eigenvalue weighted by atomic mass is 127. The van der Waals surface area contributed by atoms with E-state index in [2.05, 4.69) is 0 Å². The molecule has 0 saturated carbocycles. The van der Waals surface area contributed by atoms with Crippen molar-refractivity contribution in [1.29, 1.82) is 0 Å². The molecule has 0 heterocycles. The summed E-state index contributed by atoms with van der Waals surface area (Å²) < 4.78 is 31.7. The van der Waals surface area contributed by atoms with Gasteiger partial charge >= 0.3 is 0 Å². The minimum Gasteiger partial charge on any atom is -0.102 e. The van der Waals surface area contributed by atoms with E-state index in [0.29, 0.717) is 0 Å². The smallest absolute Gasteiger partial charge is 0.0578 e. The molecule has 0 aliphatic carbocycles. The highest BCUT2D eigenvalue weighted by molar-refractivity contribution is 14.1. The first-order chi connectivity index (χ1) is 3.85. The van der Waals surface area contributed by atoms with Crippen molar-refractivity contribution in [1.82, 2.24) is 0 Å².